The Labute approximate surface area is 307 Å². The highest BCUT2D eigenvalue weighted by Crippen LogP contribution is 2.44. The van der Waals surface area contributed by atoms with Crippen molar-refractivity contribution in [2.75, 3.05) is 39.5 Å². The molecule has 0 amide bonds. The molecule has 1 aliphatic heterocycles. The Morgan fingerprint density at radius 2 is 2.04 bits per heavy atom. The van der Waals surface area contributed by atoms with Crippen molar-refractivity contribution < 1.29 is 34.3 Å². The molecule has 2 aliphatic rings. The molecular formula is C38H42Cl2N4O7. The molecule has 0 radical (unpaired) electrons. The van der Waals surface area contributed by atoms with Crippen LogP contribution in [-0.4, -0.2) is 87.6 Å². The van der Waals surface area contributed by atoms with Gasteiger partial charge < -0.3 is 34.4 Å². The number of rotatable bonds is 17. The van der Waals surface area contributed by atoms with Gasteiger partial charge in [0.15, 0.2) is 0 Å². The molecule has 3 aromatic rings. The van der Waals surface area contributed by atoms with Gasteiger partial charge in [-0.1, -0.05) is 42.0 Å². The average molecular weight is 738 g/mol. The van der Waals surface area contributed by atoms with Gasteiger partial charge in [0.05, 0.1) is 41.4 Å². The second kappa shape index (κ2) is 17.9. The van der Waals surface area contributed by atoms with Gasteiger partial charge >= 0.3 is 5.97 Å². The number of nitriles is 1. The summed E-state index contributed by atoms with van der Waals surface area (Å²) in [7, 11) is 0. The van der Waals surface area contributed by atoms with Crippen molar-refractivity contribution in [2.24, 2.45) is 5.92 Å². The van der Waals surface area contributed by atoms with Crippen LogP contribution < -0.4 is 19.5 Å². The second-order valence-electron chi connectivity index (χ2n) is 12.8. The zero-order valence-corrected chi connectivity index (χ0v) is 29.8. The molecule has 2 aromatic carbocycles. The van der Waals surface area contributed by atoms with Gasteiger partial charge in [0.25, 0.3) is 0 Å². The van der Waals surface area contributed by atoms with Crippen molar-refractivity contribution in [3.63, 3.8) is 0 Å². The monoisotopic (exact) mass is 736 g/mol. The maximum absolute atomic E-state index is 11.5. The molecule has 51 heavy (non-hydrogen) atoms. The SMILES string of the molecule is CC1(Cl)C(c2cccc(OCCCN3CC[C@@H](O)C3)c2)=CC=CC1COc1cc(OCc2cncc(C#N)c2)c(CNC(CO)C(=O)O)cc1Cl. The number of aromatic nitrogens is 1. The molecule has 270 valence electrons. The fourth-order valence-corrected chi connectivity index (χ4v) is 6.61. The number of carboxylic acid groups (broad SMARTS) is 1. The Balaban J connectivity index is 1.26. The second-order valence-corrected chi connectivity index (χ2v) is 14.0. The van der Waals surface area contributed by atoms with E-state index in [1.807, 2.05) is 49.4 Å². The minimum absolute atomic E-state index is 0.0357. The predicted octanol–water partition coefficient (Wildman–Crippen LogP) is 5.20. The van der Waals surface area contributed by atoms with Crippen LogP contribution in [0.1, 0.15) is 42.0 Å². The predicted molar refractivity (Wildman–Crippen MR) is 194 cm³/mol. The fraction of sp³-hybridized carbons (Fsp3) is 0.395. The van der Waals surface area contributed by atoms with Crippen molar-refractivity contribution in [1.82, 2.24) is 15.2 Å². The van der Waals surface area contributed by atoms with Gasteiger partial charge in [0.1, 0.15) is 36.0 Å². The van der Waals surface area contributed by atoms with Crippen LogP contribution in [-0.2, 0) is 17.9 Å². The number of hydrogen-bond acceptors (Lipinski definition) is 10. The van der Waals surface area contributed by atoms with Crippen molar-refractivity contribution >= 4 is 34.7 Å². The summed E-state index contributed by atoms with van der Waals surface area (Å²) in [4.78, 5) is 17.0. The maximum Gasteiger partial charge on any atom is 0.323 e. The number of halogens is 2. The van der Waals surface area contributed by atoms with Gasteiger partial charge in [-0.05, 0) is 55.2 Å². The molecule has 1 fully saturated rings. The van der Waals surface area contributed by atoms with Crippen LogP contribution in [0.4, 0.5) is 0 Å². The minimum atomic E-state index is -1.20. The molecule has 4 atom stereocenters. The van der Waals surface area contributed by atoms with Gasteiger partial charge in [-0.2, -0.15) is 5.26 Å². The lowest BCUT2D eigenvalue weighted by Crippen LogP contribution is -2.39. The van der Waals surface area contributed by atoms with Crippen molar-refractivity contribution in [2.45, 2.75) is 49.9 Å². The van der Waals surface area contributed by atoms with E-state index in [2.05, 4.69) is 21.3 Å². The Bertz CT molecular complexity index is 1780. The van der Waals surface area contributed by atoms with Crippen LogP contribution in [0.3, 0.4) is 0 Å². The molecule has 11 nitrogen and oxygen atoms in total. The number of allylic oxidation sites excluding steroid dienone is 3. The van der Waals surface area contributed by atoms with Crippen LogP contribution in [0.2, 0.25) is 5.02 Å². The molecule has 13 heteroatoms. The number of β-amino-alcohol motifs (C(OH)–C–C–N with tert-alkyl or cyclic N) is 1. The summed E-state index contributed by atoms with van der Waals surface area (Å²) in [6.07, 6.45) is 10.4. The third-order valence-corrected chi connectivity index (χ3v) is 9.76. The summed E-state index contributed by atoms with van der Waals surface area (Å²) in [5, 5.41) is 40.9. The first-order valence-corrected chi connectivity index (χ1v) is 17.5. The number of benzene rings is 2. The van der Waals surface area contributed by atoms with E-state index in [1.54, 1.807) is 24.4 Å². The highest BCUT2D eigenvalue weighted by Gasteiger charge is 2.37. The number of carbonyl (C=O) groups is 1. The smallest absolute Gasteiger partial charge is 0.323 e. The van der Waals surface area contributed by atoms with Gasteiger partial charge in [-0.25, -0.2) is 0 Å². The summed E-state index contributed by atoms with van der Waals surface area (Å²) in [6.45, 7) is 4.73. The number of carboxylic acids is 1. The number of hydrogen-bond donors (Lipinski definition) is 4. The normalized spacial score (nSPS) is 20.7. The van der Waals surface area contributed by atoms with Crippen molar-refractivity contribution in [3.8, 4) is 23.3 Å². The molecule has 4 N–H and O–H groups in total. The lowest BCUT2D eigenvalue weighted by atomic mass is 9.80. The lowest BCUT2D eigenvalue weighted by Gasteiger charge is -2.35. The maximum atomic E-state index is 11.5. The third-order valence-electron chi connectivity index (χ3n) is 8.98. The molecule has 1 aliphatic carbocycles. The number of likely N-dealkylation sites (tertiary alicyclic amines) is 1. The number of alkyl halides is 1. The topological polar surface area (TPSA) is 157 Å². The molecule has 0 bridgehead atoms. The third kappa shape index (κ3) is 10.2. The Morgan fingerprint density at radius 1 is 1.20 bits per heavy atom. The van der Waals surface area contributed by atoms with E-state index in [0.29, 0.717) is 34.8 Å². The first-order chi connectivity index (χ1) is 24.6. The number of aliphatic hydroxyl groups excluding tert-OH is 2. The van der Waals surface area contributed by atoms with E-state index >= 15 is 0 Å². The number of aliphatic hydroxyl groups is 2. The number of ether oxygens (including phenoxy) is 3. The summed E-state index contributed by atoms with van der Waals surface area (Å²) >= 11 is 14.0. The van der Waals surface area contributed by atoms with E-state index in [4.69, 9.17) is 37.4 Å². The highest BCUT2D eigenvalue weighted by atomic mass is 35.5. The van der Waals surface area contributed by atoms with Crippen LogP contribution >= 0.6 is 23.2 Å². The van der Waals surface area contributed by atoms with Crippen molar-refractivity contribution in [3.05, 3.63) is 100 Å². The van der Waals surface area contributed by atoms with Crippen LogP contribution in [0, 0.1) is 17.2 Å². The van der Waals surface area contributed by atoms with E-state index in [9.17, 15) is 25.4 Å². The number of aliphatic carboxylic acids is 1. The van der Waals surface area contributed by atoms with E-state index in [0.717, 1.165) is 49.4 Å². The molecule has 2 heterocycles. The Hall–Kier alpha value is -4.15. The number of nitrogens with zero attached hydrogens (tertiary/aromatic N) is 3. The summed E-state index contributed by atoms with van der Waals surface area (Å²) < 4.78 is 18.5. The summed E-state index contributed by atoms with van der Waals surface area (Å²) in [5.41, 5.74) is 3.44. The summed E-state index contributed by atoms with van der Waals surface area (Å²) in [6, 6.07) is 13.7. The van der Waals surface area contributed by atoms with Gasteiger partial charge in [-0.3, -0.25) is 15.1 Å². The standard InChI is InChI=1S/C38H42Cl2N4O7/c1-38(40)29(6-3-8-32(38)27-5-2-7-31(14-27)49-12-4-10-44-11-9-30(46)21-44)24-51-36-16-35(50-23-26-13-25(17-41)18-42-19-26)28(15-33(36)39)20-43-34(22-45)37(47)48/h2-3,5-8,13-16,18-19,29-30,34,43,45-46H,4,9-12,20-24H2,1H3,(H,47,48)/t29?,30-,34?,38?/m1/s1. The number of nitrogens with one attached hydrogen (secondary N) is 1. The van der Waals surface area contributed by atoms with Gasteiger partial charge in [0.2, 0.25) is 0 Å². The van der Waals surface area contributed by atoms with E-state index < -0.39 is 23.5 Å². The molecule has 0 spiro atoms. The minimum Gasteiger partial charge on any atom is -0.494 e. The van der Waals surface area contributed by atoms with Crippen LogP contribution in [0.5, 0.6) is 17.2 Å². The average Bonchev–Trinajstić information content (AvgIpc) is 3.54. The highest BCUT2D eigenvalue weighted by molar-refractivity contribution is 6.32. The van der Waals surface area contributed by atoms with Gasteiger partial charge in [-0.15, -0.1) is 11.6 Å². The Morgan fingerprint density at radius 3 is 2.78 bits per heavy atom. The molecule has 1 aromatic heterocycles. The van der Waals surface area contributed by atoms with Crippen LogP contribution in [0.25, 0.3) is 5.57 Å². The zero-order chi connectivity index (χ0) is 36.4. The first-order valence-electron chi connectivity index (χ1n) is 16.8. The van der Waals surface area contributed by atoms with Gasteiger partial charge in [0, 0.05) is 61.7 Å². The Kier molecular flexibility index (Phi) is 13.3. The molecule has 1 saturated heterocycles. The van der Waals surface area contributed by atoms with Crippen LogP contribution in [0.15, 0.2) is 73.1 Å². The quantitative estimate of drug-likeness (QED) is 0.107. The van der Waals surface area contributed by atoms with E-state index in [1.165, 1.54) is 6.20 Å². The van der Waals surface area contributed by atoms with E-state index in [-0.39, 0.29) is 36.8 Å². The van der Waals surface area contributed by atoms with Crippen molar-refractivity contribution in [1.29, 1.82) is 5.26 Å². The molecule has 5 rings (SSSR count). The number of pyridine rings is 1. The zero-order valence-electron chi connectivity index (χ0n) is 28.3. The molecular weight excluding hydrogens is 695 g/mol. The molecule has 0 saturated carbocycles. The largest absolute Gasteiger partial charge is 0.494 e. The summed E-state index contributed by atoms with van der Waals surface area (Å²) in [5.74, 6) is 0.0175. The molecule has 3 unspecified atom stereocenters. The fourth-order valence-electron chi connectivity index (χ4n) is 6.06. The first kappa shape index (κ1) is 38.1. The lowest BCUT2D eigenvalue weighted by molar-refractivity contribution is -0.140.